The third-order valence-electron chi connectivity index (χ3n) is 3.05. The lowest BCUT2D eigenvalue weighted by atomic mass is 10.0. The lowest BCUT2D eigenvalue weighted by Crippen LogP contribution is -2.50. The van der Waals surface area contributed by atoms with Gasteiger partial charge in [-0.2, -0.15) is 0 Å². The maximum absolute atomic E-state index is 5.60. The summed E-state index contributed by atoms with van der Waals surface area (Å²) in [7, 11) is 0. The van der Waals surface area contributed by atoms with Crippen molar-refractivity contribution in [2.24, 2.45) is 11.7 Å². The third kappa shape index (κ3) is 1.51. The molecule has 2 N–H and O–H groups in total. The number of hydrogen-bond acceptors (Lipinski definition) is 4. The second-order valence-electron chi connectivity index (χ2n) is 4.22. The molecule has 1 saturated heterocycles. The lowest BCUT2D eigenvalue weighted by molar-refractivity contribution is 0.417. The average Bonchev–Trinajstić information content (AvgIpc) is 2.27. The largest absolute Gasteiger partial charge is 0.355 e. The summed E-state index contributed by atoms with van der Waals surface area (Å²) in [5.74, 6) is 1.58. The summed E-state index contributed by atoms with van der Waals surface area (Å²) in [5, 5.41) is 0. The van der Waals surface area contributed by atoms with E-state index in [0.717, 1.165) is 36.5 Å². The summed E-state index contributed by atoms with van der Waals surface area (Å²) in [6.07, 6.45) is 1.84. The molecule has 1 aliphatic heterocycles. The van der Waals surface area contributed by atoms with Crippen molar-refractivity contribution in [3.8, 4) is 0 Å². The molecule has 0 spiro atoms. The van der Waals surface area contributed by atoms with Crippen LogP contribution in [-0.2, 0) is 0 Å². The Hall–Kier alpha value is -1.68. The summed E-state index contributed by atoms with van der Waals surface area (Å²) in [4.78, 5) is 11.2. The molecular formula is C12H14N4. The highest BCUT2D eigenvalue weighted by atomic mass is 15.2. The van der Waals surface area contributed by atoms with Crippen LogP contribution in [0.4, 0.5) is 5.82 Å². The highest BCUT2D eigenvalue weighted by Gasteiger charge is 2.26. The highest BCUT2D eigenvalue weighted by Crippen LogP contribution is 2.22. The zero-order valence-electron chi connectivity index (χ0n) is 9.00. The van der Waals surface area contributed by atoms with Crippen molar-refractivity contribution in [3.05, 3.63) is 30.5 Å². The molecule has 0 bridgehead atoms. The van der Waals surface area contributed by atoms with Crippen LogP contribution in [0.25, 0.3) is 11.0 Å². The minimum absolute atomic E-state index is 0.619. The molecule has 1 aromatic carbocycles. The number of fused-ring (bicyclic) bond motifs is 1. The van der Waals surface area contributed by atoms with Crippen molar-refractivity contribution < 1.29 is 0 Å². The maximum Gasteiger partial charge on any atom is 0.147 e. The number of para-hydroxylation sites is 2. The van der Waals surface area contributed by atoms with Crippen molar-refractivity contribution in [2.75, 3.05) is 24.5 Å². The Morgan fingerprint density at radius 3 is 2.75 bits per heavy atom. The molecule has 3 rings (SSSR count). The van der Waals surface area contributed by atoms with Gasteiger partial charge in [0, 0.05) is 19.0 Å². The molecule has 1 fully saturated rings. The number of nitrogens with zero attached hydrogens (tertiary/aromatic N) is 3. The quantitative estimate of drug-likeness (QED) is 0.811. The van der Waals surface area contributed by atoms with E-state index >= 15 is 0 Å². The molecule has 0 amide bonds. The summed E-state index contributed by atoms with van der Waals surface area (Å²) in [6.45, 7) is 2.77. The molecule has 1 aromatic heterocycles. The van der Waals surface area contributed by atoms with Gasteiger partial charge in [-0.3, -0.25) is 4.98 Å². The van der Waals surface area contributed by atoms with Crippen molar-refractivity contribution in [1.82, 2.24) is 9.97 Å². The van der Waals surface area contributed by atoms with E-state index in [0.29, 0.717) is 5.92 Å². The van der Waals surface area contributed by atoms with Gasteiger partial charge in [0.15, 0.2) is 0 Å². The summed E-state index contributed by atoms with van der Waals surface area (Å²) in [6, 6.07) is 7.93. The van der Waals surface area contributed by atoms with E-state index < -0.39 is 0 Å². The zero-order chi connectivity index (χ0) is 11.0. The van der Waals surface area contributed by atoms with E-state index in [2.05, 4.69) is 14.9 Å². The van der Waals surface area contributed by atoms with Crippen LogP contribution >= 0.6 is 0 Å². The van der Waals surface area contributed by atoms with E-state index in [-0.39, 0.29) is 0 Å². The molecule has 82 valence electrons. The topological polar surface area (TPSA) is 55.0 Å². The van der Waals surface area contributed by atoms with Gasteiger partial charge < -0.3 is 10.6 Å². The Labute approximate surface area is 94.1 Å². The van der Waals surface area contributed by atoms with Crippen LogP contribution in [0.1, 0.15) is 0 Å². The normalized spacial score (nSPS) is 16.4. The SMILES string of the molecule is NCC1CN(c2cnc3ccccc3n2)C1. The van der Waals surface area contributed by atoms with Crippen LogP contribution in [0.3, 0.4) is 0 Å². The number of nitrogens with two attached hydrogens (primary N) is 1. The Kier molecular flexibility index (Phi) is 2.22. The monoisotopic (exact) mass is 214 g/mol. The minimum atomic E-state index is 0.619. The average molecular weight is 214 g/mol. The summed E-state index contributed by atoms with van der Waals surface area (Å²) >= 11 is 0. The van der Waals surface area contributed by atoms with E-state index in [1.165, 1.54) is 0 Å². The second-order valence-corrected chi connectivity index (χ2v) is 4.22. The van der Waals surface area contributed by atoms with Crippen molar-refractivity contribution >= 4 is 16.9 Å². The number of hydrogen-bond donors (Lipinski definition) is 1. The summed E-state index contributed by atoms with van der Waals surface area (Å²) in [5.41, 5.74) is 7.50. The predicted octanol–water partition coefficient (Wildman–Crippen LogP) is 1.02. The van der Waals surface area contributed by atoms with Crippen LogP contribution in [-0.4, -0.2) is 29.6 Å². The molecular weight excluding hydrogens is 200 g/mol. The number of aromatic nitrogens is 2. The molecule has 0 saturated carbocycles. The molecule has 2 heterocycles. The van der Waals surface area contributed by atoms with Crippen molar-refractivity contribution in [2.45, 2.75) is 0 Å². The van der Waals surface area contributed by atoms with Gasteiger partial charge in [0.25, 0.3) is 0 Å². The van der Waals surface area contributed by atoms with Gasteiger partial charge >= 0.3 is 0 Å². The highest BCUT2D eigenvalue weighted by molar-refractivity contribution is 5.75. The van der Waals surface area contributed by atoms with Gasteiger partial charge in [-0.05, 0) is 18.7 Å². The van der Waals surface area contributed by atoms with Crippen molar-refractivity contribution in [3.63, 3.8) is 0 Å². The smallest absolute Gasteiger partial charge is 0.147 e. The number of anilines is 1. The molecule has 4 nitrogen and oxygen atoms in total. The fraction of sp³-hybridized carbons (Fsp3) is 0.333. The molecule has 0 atom stereocenters. The minimum Gasteiger partial charge on any atom is -0.355 e. The molecule has 2 aromatic rings. The first kappa shape index (κ1) is 9.54. The molecule has 0 unspecified atom stereocenters. The second kappa shape index (κ2) is 3.72. The van der Waals surface area contributed by atoms with Crippen LogP contribution in [0.15, 0.2) is 30.5 Å². The Morgan fingerprint density at radius 2 is 2.00 bits per heavy atom. The van der Waals surface area contributed by atoms with Gasteiger partial charge in [-0.1, -0.05) is 12.1 Å². The van der Waals surface area contributed by atoms with Gasteiger partial charge in [-0.15, -0.1) is 0 Å². The van der Waals surface area contributed by atoms with Gasteiger partial charge in [-0.25, -0.2) is 4.98 Å². The summed E-state index contributed by atoms with van der Waals surface area (Å²) < 4.78 is 0. The van der Waals surface area contributed by atoms with Crippen LogP contribution < -0.4 is 10.6 Å². The molecule has 4 heteroatoms. The first-order chi connectivity index (χ1) is 7.86. The van der Waals surface area contributed by atoms with E-state index in [4.69, 9.17) is 5.73 Å². The van der Waals surface area contributed by atoms with E-state index in [9.17, 15) is 0 Å². The molecule has 0 aliphatic carbocycles. The van der Waals surface area contributed by atoms with Crippen molar-refractivity contribution in [1.29, 1.82) is 0 Å². The third-order valence-corrected chi connectivity index (χ3v) is 3.05. The number of benzene rings is 1. The first-order valence-corrected chi connectivity index (χ1v) is 5.53. The number of rotatable bonds is 2. The zero-order valence-corrected chi connectivity index (χ0v) is 9.00. The standard InChI is InChI=1S/C12H14N4/c13-5-9-7-16(8-9)12-6-14-10-3-1-2-4-11(10)15-12/h1-4,6,9H,5,7-8,13H2. The molecule has 0 radical (unpaired) electrons. The maximum atomic E-state index is 5.60. The van der Waals surface area contributed by atoms with Gasteiger partial charge in [0.2, 0.25) is 0 Å². The Balaban J connectivity index is 1.89. The first-order valence-electron chi connectivity index (χ1n) is 5.53. The Bertz CT molecular complexity index is 505. The van der Waals surface area contributed by atoms with Crippen LogP contribution in [0.2, 0.25) is 0 Å². The lowest BCUT2D eigenvalue weighted by Gasteiger charge is -2.39. The predicted molar refractivity (Wildman–Crippen MR) is 64.3 cm³/mol. The van der Waals surface area contributed by atoms with E-state index in [1.54, 1.807) is 0 Å². The van der Waals surface area contributed by atoms with Gasteiger partial charge in [0.1, 0.15) is 5.82 Å². The van der Waals surface area contributed by atoms with Crippen LogP contribution in [0, 0.1) is 5.92 Å². The fourth-order valence-corrected chi connectivity index (χ4v) is 2.01. The Morgan fingerprint density at radius 1 is 1.25 bits per heavy atom. The molecule has 16 heavy (non-hydrogen) atoms. The van der Waals surface area contributed by atoms with E-state index in [1.807, 2.05) is 30.5 Å². The van der Waals surface area contributed by atoms with Crippen LogP contribution in [0.5, 0.6) is 0 Å². The fourth-order valence-electron chi connectivity index (χ4n) is 2.01. The molecule has 1 aliphatic rings. The van der Waals surface area contributed by atoms with Gasteiger partial charge in [0.05, 0.1) is 17.2 Å².